The number of nitrogens with zero attached hydrogens (tertiary/aromatic N) is 1. The first kappa shape index (κ1) is 14.2. The third-order valence-corrected chi connectivity index (χ3v) is 4.60. The van der Waals surface area contributed by atoms with Gasteiger partial charge in [0.25, 0.3) is 5.91 Å². The predicted molar refractivity (Wildman–Crippen MR) is 78.0 cm³/mol. The SMILES string of the molecule is CCc1oc(C(=O)N2CC(=O)N[C@@H]3CCCC[C@H]32)cc1C. The number of fused-ring (bicyclic) bond motifs is 1. The number of amides is 2. The van der Waals surface area contributed by atoms with Gasteiger partial charge in [0.15, 0.2) is 5.76 Å². The Kier molecular flexibility index (Phi) is 3.74. The second-order valence-electron chi connectivity index (χ2n) is 6.03. The number of hydrogen-bond donors (Lipinski definition) is 1. The summed E-state index contributed by atoms with van der Waals surface area (Å²) in [6.45, 7) is 4.10. The summed E-state index contributed by atoms with van der Waals surface area (Å²) in [6, 6.07) is 2.01. The van der Waals surface area contributed by atoms with Crippen molar-refractivity contribution in [3.8, 4) is 0 Å². The molecular weight excluding hydrogens is 268 g/mol. The molecule has 0 spiro atoms. The van der Waals surface area contributed by atoms with Gasteiger partial charge in [0, 0.05) is 12.5 Å². The number of rotatable bonds is 2. The second kappa shape index (κ2) is 5.54. The first-order valence-corrected chi connectivity index (χ1v) is 7.79. The van der Waals surface area contributed by atoms with E-state index in [2.05, 4.69) is 5.32 Å². The van der Waals surface area contributed by atoms with Crippen LogP contribution in [0.15, 0.2) is 10.5 Å². The van der Waals surface area contributed by atoms with Crippen LogP contribution >= 0.6 is 0 Å². The van der Waals surface area contributed by atoms with Crippen LogP contribution in [0.25, 0.3) is 0 Å². The molecule has 21 heavy (non-hydrogen) atoms. The lowest BCUT2D eigenvalue weighted by molar-refractivity contribution is -0.127. The van der Waals surface area contributed by atoms with E-state index in [1.54, 1.807) is 11.0 Å². The van der Waals surface area contributed by atoms with Gasteiger partial charge < -0.3 is 14.6 Å². The van der Waals surface area contributed by atoms with Crippen LogP contribution in [0.3, 0.4) is 0 Å². The van der Waals surface area contributed by atoms with Crippen molar-refractivity contribution in [1.82, 2.24) is 10.2 Å². The molecule has 3 rings (SSSR count). The van der Waals surface area contributed by atoms with Crippen LogP contribution in [-0.2, 0) is 11.2 Å². The predicted octanol–water partition coefficient (Wildman–Crippen LogP) is 2.03. The summed E-state index contributed by atoms with van der Waals surface area (Å²) in [4.78, 5) is 26.3. The van der Waals surface area contributed by atoms with Gasteiger partial charge in [-0.1, -0.05) is 19.8 Å². The molecule has 5 nitrogen and oxygen atoms in total. The standard InChI is InChI=1S/C16H22N2O3/c1-3-13-10(2)8-14(21-13)16(20)18-9-15(19)17-11-6-4-5-7-12(11)18/h8,11-12H,3-7,9H2,1-2H3,(H,17,19)/t11-,12-/m1/s1. The number of nitrogens with one attached hydrogen (secondary N) is 1. The maximum absolute atomic E-state index is 12.7. The number of carbonyl (C=O) groups excluding carboxylic acids is 2. The maximum Gasteiger partial charge on any atom is 0.290 e. The van der Waals surface area contributed by atoms with Crippen molar-refractivity contribution >= 4 is 11.8 Å². The molecule has 2 amide bonds. The monoisotopic (exact) mass is 290 g/mol. The number of carbonyl (C=O) groups is 2. The van der Waals surface area contributed by atoms with Gasteiger partial charge in [-0.2, -0.15) is 0 Å². The summed E-state index contributed by atoms with van der Waals surface area (Å²) < 4.78 is 5.67. The fourth-order valence-corrected chi connectivity index (χ4v) is 3.52. The van der Waals surface area contributed by atoms with Gasteiger partial charge in [0.1, 0.15) is 12.3 Å². The van der Waals surface area contributed by atoms with Gasteiger partial charge in [-0.3, -0.25) is 9.59 Å². The van der Waals surface area contributed by atoms with Crippen LogP contribution in [0.1, 0.15) is 54.5 Å². The summed E-state index contributed by atoms with van der Waals surface area (Å²) in [5.41, 5.74) is 1.00. The van der Waals surface area contributed by atoms with Crippen LogP contribution in [-0.4, -0.2) is 35.3 Å². The van der Waals surface area contributed by atoms with Gasteiger partial charge in [0.05, 0.1) is 6.04 Å². The van der Waals surface area contributed by atoms with Gasteiger partial charge >= 0.3 is 0 Å². The third-order valence-electron chi connectivity index (χ3n) is 4.60. The van der Waals surface area contributed by atoms with E-state index in [1.807, 2.05) is 13.8 Å². The Hall–Kier alpha value is -1.78. The number of aryl methyl sites for hydroxylation is 2. The van der Waals surface area contributed by atoms with E-state index < -0.39 is 0 Å². The van der Waals surface area contributed by atoms with Crippen molar-refractivity contribution in [3.63, 3.8) is 0 Å². The van der Waals surface area contributed by atoms with Crippen molar-refractivity contribution < 1.29 is 14.0 Å². The molecule has 5 heteroatoms. The van der Waals surface area contributed by atoms with Crippen LogP contribution in [0.4, 0.5) is 0 Å². The van der Waals surface area contributed by atoms with Gasteiger partial charge in [-0.15, -0.1) is 0 Å². The lowest BCUT2D eigenvalue weighted by Gasteiger charge is -2.43. The summed E-state index contributed by atoms with van der Waals surface area (Å²) in [6.07, 6.45) is 4.90. The quantitative estimate of drug-likeness (QED) is 0.906. The molecule has 0 aromatic carbocycles. The molecule has 1 aromatic heterocycles. The summed E-state index contributed by atoms with van der Waals surface area (Å²) in [5, 5.41) is 3.02. The molecule has 1 saturated carbocycles. The molecule has 114 valence electrons. The highest BCUT2D eigenvalue weighted by Crippen LogP contribution is 2.28. The average molecular weight is 290 g/mol. The van der Waals surface area contributed by atoms with E-state index in [0.717, 1.165) is 43.4 Å². The zero-order chi connectivity index (χ0) is 15.0. The van der Waals surface area contributed by atoms with E-state index >= 15 is 0 Å². The van der Waals surface area contributed by atoms with Crippen molar-refractivity contribution in [1.29, 1.82) is 0 Å². The lowest BCUT2D eigenvalue weighted by atomic mass is 9.87. The molecule has 2 atom stereocenters. The third kappa shape index (κ3) is 2.57. The number of piperazine rings is 1. The molecular formula is C16H22N2O3. The van der Waals surface area contributed by atoms with Gasteiger partial charge in [-0.05, 0) is 31.4 Å². The minimum Gasteiger partial charge on any atom is -0.456 e. The Labute approximate surface area is 124 Å². The van der Waals surface area contributed by atoms with Crippen LogP contribution in [0, 0.1) is 6.92 Å². The maximum atomic E-state index is 12.7. The van der Waals surface area contributed by atoms with Crippen molar-refractivity contribution in [2.24, 2.45) is 0 Å². The zero-order valence-electron chi connectivity index (χ0n) is 12.6. The van der Waals surface area contributed by atoms with Crippen molar-refractivity contribution in [2.75, 3.05) is 6.54 Å². The minimum atomic E-state index is -0.149. The van der Waals surface area contributed by atoms with E-state index in [-0.39, 0.29) is 30.4 Å². The van der Waals surface area contributed by atoms with Gasteiger partial charge in [0.2, 0.25) is 5.91 Å². The van der Waals surface area contributed by atoms with Crippen LogP contribution in [0.5, 0.6) is 0 Å². The smallest absolute Gasteiger partial charge is 0.290 e. The van der Waals surface area contributed by atoms with E-state index in [1.165, 1.54) is 0 Å². The Bertz CT molecular complexity index is 564. The lowest BCUT2D eigenvalue weighted by Crippen LogP contribution is -2.62. The zero-order valence-corrected chi connectivity index (χ0v) is 12.6. The number of furan rings is 1. The van der Waals surface area contributed by atoms with E-state index in [4.69, 9.17) is 4.42 Å². The van der Waals surface area contributed by atoms with Gasteiger partial charge in [-0.25, -0.2) is 0 Å². The normalized spacial score (nSPS) is 25.4. The molecule has 1 saturated heterocycles. The molecule has 2 fully saturated rings. The van der Waals surface area contributed by atoms with E-state index in [9.17, 15) is 9.59 Å². The first-order chi connectivity index (χ1) is 10.1. The van der Waals surface area contributed by atoms with Crippen LogP contribution < -0.4 is 5.32 Å². The highest BCUT2D eigenvalue weighted by molar-refractivity contribution is 5.95. The van der Waals surface area contributed by atoms with E-state index in [0.29, 0.717) is 5.76 Å². The molecule has 1 aliphatic carbocycles. The first-order valence-electron chi connectivity index (χ1n) is 7.79. The molecule has 0 unspecified atom stereocenters. The Morgan fingerprint density at radius 2 is 2.19 bits per heavy atom. The molecule has 2 heterocycles. The molecule has 0 radical (unpaired) electrons. The minimum absolute atomic E-state index is 0.0644. The summed E-state index contributed by atoms with van der Waals surface area (Å²) in [5.74, 6) is 0.999. The average Bonchev–Trinajstić information content (AvgIpc) is 2.86. The summed E-state index contributed by atoms with van der Waals surface area (Å²) in [7, 11) is 0. The van der Waals surface area contributed by atoms with Crippen molar-refractivity contribution in [3.05, 3.63) is 23.2 Å². The molecule has 1 N–H and O–H groups in total. The molecule has 0 bridgehead atoms. The fraction of sp³-hybridized carbons (Fsp3) is 0.625. The van der Waals surface area contributed by atoms with Crippen molar-refractivity contribution in [2.45, 2.75) is 58.0 Å². The topological polar surface area (TPSA) is 62.6 Å². The number of hydrogen-bond acceptors (Lipinski definition) is 3. The Balaban J connectivity index is 1.85. The highest BCUT2D eigenvalue weighted by atomic mass is 16.4. The Morgan fingerprint density at radius 3 is 2.90 bits per heavy atom. The fourth-order valence-electron chi connectivity index (χ4n) is 3.52. The summed E-state index contributed by atoms with van der Waals surface area (Å²) >= 11 is 0. The largest absolute Gasteiger partial charge is 0.456 e. The second-order valence-corrected chi connectivity index (χ2v) is 6.03. The molecule has 1 aliphatic heterocycles. The molecule has 1 aromatic rings. The Morgan fingerprint density at radius 1 is 1.43 bits per heavy atom. The highest BCUT2D eigenvalue weighted by Gasteiger charge is 2.39. The molecule has 2 aliphatic rings. The van der Waals surface area contributed by atoms with Crippen LogP contribution in [0.2, 0.25) is 0 Å².